The molecule has 0 saturated carbocycles. The van der Waals surface area contributed by atoms with Crippen LogP contribution in [0.25, 0.3) is 0 Å². The van der Waals surface area contributed by atoms with Crippen molar-refractivity contribution in [1.29, 1.82) is 0 Å². The molecule has 0 saturated heterocycles. The average Bonchev–Trinajstić information content (AvgIpc) is 2.28. The lowest BCUT2D eigenvalue weighted by Crippen LogP contribution is -2.39. The van der Waals surface area contributed by atoms with Gasteiger partial charge in [0, 0.05) is 12.1 Å². The molecule has 0 aliphatic rings. The number of nitrogens with zero attached hydrogens (tertiary/aromatic N) is 1. The maximum atomic E-state index is 13.4. The van der Waals surface area contributed by atoms with Crippen molar-refractivity contribution in [1.82, 2.24) is 4.90 Å². The molecule has 0 bridgehead atoms. The van der Waals surface area contributed by atoms with Crippen LogP contribution in [-0.2, 0) is 16.1 Å². The fraction of sp³-hybridized carbons (Fsp3) is 0.333. The van der Waals surface area contributed by atoms with Crippen LogP contribution in [0, 0.1) is 5.82 Å². The molecule has 1 atom stereocenters. The Morgan fingerprint density at radius 1 is 1.33 bits per heavy atom. The second-order valence-electron chi connectivity index (χ2n) is 3.96. The molecule has 98 valence electrons. The van der Waals surface area contributed by atoms with Crippen LogP contribution in [0.1, 0.15) is 12.0 Å². The first-order valence-corrected chi connectivity index (χ1v) is 5.30. The average molecular weight is 255 g/mol. The normalized spacial score (nSPS) is 12.4. The highest BCUT2D eigenvalue weighted by Gasteiger charge is 2.25. The van der Waals surface area contributed by atoms with E-state index in [2.05, 4.69) is 0 Å². The highest BCUT2D eigenvalue weighted by atomic mass is 19.1. The predicted octanol–water partition coefficient (Wildman–Crippen LogP) is 1.19. The summed E-state index contributed by atoms with van der Waals surface area (Å²) < 4.78 is 13.4. The number of carbonyl (C=O) groups is 2. The second kappa shape index (κ2) is 6.11. The van der Waals surface area contributed by atoms with Crippen molar-refractivity contribution in [3.63, 3.8) is 0 Å². The van der Waals surface area contributed by atoms with Gasteiger partial charge in [-0.1, -0.05) is 18.2 Å². The third-order valence-electron chi connectivity index (χ3n) is 2.56. The summed E-state index contributed by atoms with van der Waals surface area (Å²) in [5, 5.41) is 17.6. The maximum Gasteiger partial charge on any atom is 0.321 e. The Morgan fingerprint density at radius 2 is 1.94 bits per heavy atom. The van der Waals surface area contributed by atoms with Crippen LogP contribution >= 0.6 is 0 Å². The molecule has 1 rings (SSSR count). The first-order chi connectivity index (χ1) is 8.41. The minimum Gasteiger partial charge on any atom is -0.481 e. The first-order valence-electron chi connectivity index (χ1n) is 5.30. The zero-order valence-electron chi connectivity index (χ0n) is 9.84. The lowest BCUT2D eigenvalue weighted by atomic mass is 10.1. The number of likely N-dealkylation sites (N-methyl/N-ethyl adjacent to an activating group) is 1. The molecule has 1 aromatic rings. The van der Waals surface area contributed by atoms with Crippen molar-refractivity contribution in [2.45, 2.75) is 19.0 Å². The van der Waals surface area contributed by atoms with Gasteiger partial charge in [-0.2, -0.15) is 0 Å². The van der Waals surface area contributed by atoms with E-state index >= 15 is 0 Å². The molecule has 2 N–H and O–H groups in total. The van der Waals surface area contributed by atoms with E-state index < -0.39 is 30.2 Å². The number of hydrogen-bond donors (Lipinski definition) is 2. The third-order valence-corrected chi connectivity index (χ3v) is 2.56. The van der Waals surface area contributed by atoms with Gasteiger partial charge in [-0.15, -0.1) is 0 Å². The molecule has 1 unspecified atom stereocenters. The summed E-state index contributed by atoms with van der Waals surface area (Å²) in [6.07, 6.45) is -0.527. The van der Waals surface area contributed by atoms with Crippen molar-refractivity contribution in [2.75, 3.05) is 7.05 Å². The molecule has 0 fully saturated rings. The molecule has 0 radical (unpaired) electrons. The zero-order valence-corrected chi connectivity index (χ0v) is 9.84. The molecule has 0 amide bonds. The Labute approximate surface area is 103 Å². The van der Waals surface area contributed by atoms with Crippen molar-refractivity contribution in [3.8, 4) is 0 Å². The summed E-state index contributed by atoms with van der Waals surface area (Å²) >= 11 is 0. The Balaban J connectivity index is 2.79. The molecule has 0 aromatic heterocycles. The summed E-state index contributed by atoms with van der Waals surface area (Å²) in [6, 6.07) is 4.80. The quantitative estimate of drug-likeness (QED) is 0.798. The van der Waals surface area contributed by atoms with Gasteiger partial charge in [-0.25, -0.2) is 4.39 Å². The van der Waals surface area contributed by atoms with Crippen LogP contribution in [0.2, 0.25) is 0 Å². The summed E-state index contributed by atoms with van der Waals surface area (Å²) in [5.74, 6) is -2.89. The van der Waals surface area contributed by atoms with Gasteiger partial charge in [-0.05, 0) is 13.1 Å². The van der Waals surface area contributed by atoms with Crippen LogP contribution in [0.15, 0.2) is 24.3 Å². The Morgan fingerprint density at radius 3 is 2.44 bits per heavy atom. The molecule has 0 spiro atoms. The molecular weight excluding hydrogens is 241 g/mol. The molecule has 1 aromatic carbocycles. The van der Waals surface area contributed by atoms with E-state index in [1.165, 1.54) is 30.1 Å². The molecule has 18 heavy (non-hydrogen) atoms. The van der Waals surface area contributed by atoms with Crippen LogP contribution in [-0.4, -0.2) is 40.1 Å². The molecule has 0 aliphatic carbocycles. The summed E-state index contributed by atoms with van der Waals surface area (Å²) in [6.45, 7) is 0.0386. The van der Waals surface area contributed by atoms with Gasteiger partial charge in [0.2, 0.25) is 0 Å². The largest absolute Gasteiger partial charge is 0.481 e. The first kappa shape index (κ1) is 14.1. The number of rotatable bonds is 6. The highest BCUT2D eigenvalue weighted by Crippen LogP contribution is 2.12. The lowest BCUT2D eigenvalue weighted by Gasteiger charge is -2.23. The number of hydrogen-bond acceptors (Lipinski definition) is 3. The van der Waals surface area contributed by atoms with E-state index in [1.54, 1.807) is 6.07 Å². The van der Waals surface area contributed by atoms with Gasteiger partial charge in [0.15, 0.2) is 0 Å². The van der Waals surface area contributed by atoms with Crippen LogP contribution in [0.5, 0.6) is 0 Å². The summed E-state index contributed by atoms with van der Waals surface area (Å²) in [5.41, 5.74) is 0.330. The molecule has 0 heterocycles. The Kier molecular flexibility index (Phi) is 4.79. The second-order valence-corrected chi connectivity index (χ2v) is 3.96. The number of benzene rings is 1. The van der Waals surface area contributed by atoms with E-state index in [9.17, 15) is 14.0 Å². The SMILES string of the molecule is CN(Cc1ccccc1F)C(CC(=O)O)C(=O)O. The standard InChI is InChI=1S/C12H14FNO4/c1-14(10(12(17)18)6-11(15)16)7-8-4-2-3-5-9(8)13/h2-5,10H,6-7H2,1H3,(H,15,16)(H,17,18). The highest BCUT2D eigenvalue weighted by molar-refractivity contribution is 5.80. The van der Waals surface area contributed by atoms with Crippen molar-refractivity contribution in [2.24, 2.45) is 0 Å². The van der Waals surface area contributed by atoms with Gasteiger partial charge in [0.25, 0.3) is 0 Å². The molecular formula is C12H14FNO4. The topological polar surface area (TPSA) is 77.8 Å². The van der Waals surface area contributed by atoms with Crippen molar-refractivity contribution in [3.05, 3.63) is 35.6 Å². The van der Waals surface area contributed by atoms with E-state index in [-0.39, 0.29) is 6.54 Å². The van der Waals surface area contributed by atoms with Crippen LogP contribution in [0.3, 0.4) is 0 Å². The van der Waals surface area contributed by atoms with Crippen LogP contribution < -0.4 is 0 Å². The Bertz CT molecular complexity index is 449. The monoisotopic (exact) mass is 255 g/mol. The number of aliphatic carboxylic acids is 2. The summed E-state index contributed by atoms with van der Waals surface area (Å²) in [4.78, 5) is 22.8. The van der Waals surface area contributed by atoms with Gasteiger partial charge < -0.3 is 10.2 Å². The van der Waals surface area contributed by atoms with Crippen molar-refractivity contribution < 1.29 is 24.2 Å². The fourth-order valence-electron chi connectivity index (χ4n) is 1.60. The minimum absolute atomic E-state index is 0.0386. The fourth-order valence-corrected chi connectivity index (χ4v) is 1.60. The minimum atomic E-state index is -1.24. The Hall–Kier alpha value is -1.95. The van der Waals surface area contributed by atoms with Gasteiger partial charge >= 0.3 is 11.9 Å². The molecule has 6 heteroatoms. The van der Waals surface area contributed by atoms with E-state index in [0.29, 0.717) is 5.56 Å². The van der Waals surface area contributed by atoms with Gasteiger partial charge in [0.05, 0.1) is 6.42 Å². The maximum absolute atomic E-state index is 13.4. The number of carboxylic acid groups (broad SMARTS) is 2. The number of carboxylic acids is 2. The van der Waals surface area contributed by atoms with E-state index in [1.807, 2.05) is 0 Å². The smallest absolute Gasteiger partial charge is 0.321 e. The lowest BCUT2D eigenvalue weighted by molar-refractivity contribution is -0.149. The third kappa shape index (κ3) is 3.81. The molecule has 0 aliphatic heterocycles. The number of halogens is 1. The zero-order chi connectivity index (χ0) is 13.7. The molecule has 5 nitrogen and oxygen atoms in total. The van der Waals surface area contributed by atoms with E-state index in [0.717, 1.165) is 0 Å². The van der Waals surface area contributed by atoms with Gasteiger partial charge in [-0.3, -0.25) is 14.5 Å². The van der Waals surface area contributed by atoms with Gasteiger partial charge in [0.1, 0.15) is 11.9 Å². The van der Waals surface area contributed by atoms with E-state index in [4.69, 9.17) is 10.2 Å². The predicted molar refractivity (Wildman–Crippen MR) is 61.5 cm³/mol. The summed E-state index contributed by atoms with van der Waals surface area (Å²) in [7, 11) is 1.45. The van der Waals surface area contributed by atoms with Crippen LogP contribution in [0.4, 0.5) is 4.39 Å². The van der Waals surface area contributed by atoms with Crippen molar-refractivity contribution >= 4 is 11.9 Å².